The number of piperazine rings is 1. The van der Waals surface area contributed by atoms with Gasteiger partial charge in [-0.3, -0.25) is 4.90 Å². The van der Waals surface area contributed by atoms with E-state index in [1.165, 1.54) is 4.88 Å². The van der Waals surface area contributed by atoms with Gasteiger partial charge in [0.1, 0.15) is 0 Å². The summed E-state index contributed by atoms with van der Waals surface area (Å²) >= 11 is 7.58. The normalized spacial score (nSPS) is 24.0. The first-order valence-corrected chi connectivity index (χ1v) is 6.13. The molecule has 0 saturated carbocycles. The fourth-order valence-electron chi connectivity index (χ4n) is 1.81. The van der Waals surface area contributed by atoms with Crippen molar-refractivity contribution in [2.75, 3.05) is 19.6 Å². The van der Waals surface area contributed by atoms with Gasteiger partial charge < -0.3 is 5.32 Å². The van der Waals surface area contributed by atoms with E-state index in [0.29, 0.717) is 6.04 Å². The highest BCUT2D eigenvalue weighted by atomic mass is 35.5. The molecule has 0 radical (unpaired) electrons. The van der Waals surface area contributed by atoms with Crippen molar-refractivity contribution in [2.45, 2.75) is 19.5 Å². The summed E-state index contributed by atoms with van der Waals surface area (Å²) < 4.78 is 0.892. The van der Waals surface area contributed by atoms with Crippen molar-refractivity contribution in [1.29, 1.82) is 0 Å². The van der Waals surface area contributed by atoms with Crippen molar-refractivity contribution >= 4 is 22.9 Å². The molecule has 78 valence electrons. The molecule has 1 aromatic rings. The molecular formula is C10H15ClN2S. The maximum absolute atomic E-state index is 5.89. The van der Waals surface area contributed by atoms with Crippen LogP contribution < -0.4 is 5.32 Å². The molecule has 0 bridgehead atoms. The molecule has 4 heteroatoms. The molecule has 2 rings (SSSR count). The van der Waals surface area contributed by atoms with Gasteiger partial charge in [0.2, 0.25) is 0 Å². The lowest BCUT2D eigenvalue weighted by Gasteiger charge is -2.31. The zero-order chi connectivity index (χ0) is 9.97. The van der Waals surface area contributed by atoms with Crippen LogP contribution in [0.2, 0.25) is 4.34 Å². The van der Waals surface area contributed by atoms with Crippen molar-refractivity contribution in [2.24, 2.45) is 0 Å². The minimum Gasteiger partial charge on any atom is -0.312 e. The van der Waals surface area contributed by atoms with E-state index in [0.717, 1.165) is 30.5 Å². The van der Waals surface area contributed by atoms with Crippen molar-refractivity contribution in [3.63, 3.8) is 0 Å². The maximum Gasteiger partial charge on any atom is 0.0931 e. The minimum atomic E-state index is 0.610. The summed E-state index contributed by atoms with van der Waals surface area (Å²) in [4.78, 5) is 3.84. The average Bonchev–Trinajstić information content (AvgIpc) is 2.51. The Morgan fingerprint density at radius 2 is 2.50 bits per heavy atom. The Morgan fingerprint density at radius 1 is 1.64 bits per heavy atom. The summed E-state index contributed by atoms with van der Waals surface area (Å²) in [6.07, 6.45) is 0. The molecule has 0 aliphatic carbocycles. The maximum atomic E-state index is 5.89. The lowest BCUT2D eigenvalue weighted by molar-refractivity contribution is 0.201. The second kappa shape index (κ2) is 4.62. The molecule has 2 nitrogen and oxygen atoms in total. The van der Waals surface area contributed by atoms with Gasteiger partial charge in [-0.1, -0.05) is 11.6 Å². The van der Waals surface area contributed by atoms with E-state index in [9.17, 15) is 0 Å². The van der Waals surface area contributed by atoms with Gasteiger partial charge in [-0.05, 0) is 19.1 Å². The van der Waals surface area contributed by atoms with Crippen LogP contribution in [-0.2, 0) is 6.54 Å². The Balaban J connectivity index is 1.90. The molecular weight excluding hydrogens is 216 g/mol. The van der Waals surface area contributed by atoms with Crippen LogP contribution in [0, 0.1) is 0 Å². The molecule has 0 spiro atoms. The summed E-state index contributed by atoms with van der Waals surface area (Å²) in [7, 11) is 0. The topological polar surface area (TPSA) is 15.3 Å². The van der Waals surface area contributed by atoms with E-state index in [-0.39, 0.29) is 0 Å². The summed E-state index contributed by atoms with van der Waals surface area (Å²) in [6.45, 7) is 6.65. The number of halogens is 1. The van der Waals surface area contributed by atoms with Crippen LogP contribution in [0.15, 0.2) is 12.1 Å². The largest absolute Gasteiger partial charge is 0.312 e. The van der Waals surface area contributed by atoms with E-state index in [4.69, 9.17) is 11.6 Å². The van der Waals surface area contributed by atoms with Crippen molar-refractivity contribution in [3.05, 3.63) is 21.3 Å². The highest BCUT2D eigenvalue weighted by molar-refractivity contribution is 7.16. The summed E-state index contributed by atoms with van der Waals surface area (Å²) in [5, 5.41) is 3.44. The molecule has 0 unspecified atom stereocenters. The Bertz CT molecular complexity index is 300. The molecule has 1 aliphatic heterocycles. The smallest absolute Gasteiger partial charge is 0.0931 e. The first-order valence-electron chi connectivity index (χ1n) is 4.94. The predicted molar refractivity (Wildman–Crippen MR) is 62.1 cm³/mol. The summed E-state index contributed by atoms with van der Waals surface area (Å²) in [5.41, 5.74) is 0. The van der Waals surface area contributed by atoms with Crippen LogP contribution >= 0.6 is 22.9 Å². The Morgan fingerprint density at radius 3 is 3.14 bits per heavy atom. The first-order chi connectivity index (χ1) is 6.74. The Kier molecular flexibility index (Phi) is 3.44. The van der Waals surface area contributed by atoms with Crippen LogP contribution in [0.5, 0.6) is 0 Å². The van der Waals surface area contributed by atoms with E-state index < -0.39 is 0 Å². The van der Waals surface area contributed by atoms with E-state index >= 15 is 0 Å². The lowest BCUT2D eigenvalue weighted by atomic mass is 10.2. The monoisotopic (exact) mass is 230 g/mol. The molecule has 1 atom stereocenters. The first kappa shape index (κ1) is 10.4. The highest BCUT2D eigenvalue weighted by Gasteiger charge is 2.15. The number of nitrogens with zero attached hydrogens (tertiary/aromatic N) is 1. The van der Waals surface area contributed by atoms with Crippen molar-refractivity contribution < 1.29 is 0 Å². The quantitative estimate of drug-likeness (QED) is 0.838. The molecule has 1 saturated heterocycles. The van der Waals surface area contributed by atoms with Crippen LogP contribution in [-0.4, -0.2) is 30.6 Å². The Hall–Kier alpha value is -0.0900. The van der Waals surface area contributed by atoms with E-state index in [1.807, 2.05) is 6.07 Å². The molecule has 2 heterocycles. The van der Waals surface area contributed by atoms with Crippen molar-refractivity contribution in [1.82, 2.24) is 10.2 Å². The van der Waals surface area contributed by atoms with Gasteiger partial charge in [-0.15, -0.1) is 11.3 Å². The molecule has 1 aromatic heterocycles. The van der Waals surface area contributed by atoms with Crippen LogP contribution in [0.25, 0.3) is 0 Å². The Labute approximate surface area is 93.9 Å². The third-order valence-corrected chi connectivity index (χ3v) is 3.68. The number of hydrogen-bond donors (Lipinski definition) is 1. The minimum absolute atomic E-state index is 0.610. The van der Waals surface area contributed by atoms with E-state index in [2.05, 4.69) is 23.2 Å². The van der Waals surface area contributed by atoms with Gasteiger partial charge >= 0.3 is 0 Å². The molecule has 0 aromatic carbocycles. The molecule has 14 heavy (non-hydrogen) atoms. The van der Waals surface area contributed by atoms with Gasteiger partial charge in [0, 0.05) is 37.1 Å². The molecule has 1 fully saturated rings. The van der Waals surface area contributed by atoms with Gasteiger partial charge in [-0.2, -0.15) is 0 Å². The predicted octanol–water partition coefficient (Wildman–Crippen LogP) is 2.20. The number of nitrogens with one attached hydrogen (secondary N) is 1. The number of rotatable bonds is 2. The SMILES string of the molecule is C[C@H]1CN(Cc2ccc(Cl)s2)CCN1. The standard InChI is InChI=1S/C10H15ClN2S/c1-8-6-13(5-4-12-8)7-9-2-3-10(11)14-9/h2-3,8,12H,4-7H2,1H3/t8-/m0/s1. The van der Waals surface area contributed by atoms with Crippen molar-refractivity contribution in [3.8, 4) is 0 Å². The summed E-state index contributed by atoms with van der Waals surface area (Å²) in [5.74, 6) is 0. The lowest BCUT2D eigenvalue weighted by Crippen LogP contribution is -2.48. The zero-order valence-electron chi connectivity index (χ0n) is 8.29. The third kappa shape index (κ3) is 2.70. The third-order valence-electron chi connectivity index (χ3n) is 2.46. The fraction of sp³-hybridized carbons (Fsp3) is 0.600. The highest BCUT2D eigenvalue weighted by Crippen LogP contribution is 2.22. The second-order valence-corrected chi connectivity index (χ2v) is 5.60. The number of thiophene rings is 1. The summed E-state index contributed by atoms with van der Waals surface area (Å²) in [6, 6.07) is 4.71. The van der Waals surface area contributed by atoms with Gasteiger partial charge in [0.25, 0.3) is 0 Å². The van der Waals surface area contributed by atoms with Gasteiger partial charge in [-0.25, -0.2) is 0 Å². The average molecular weight is 231 g/mol. The molecule has 1 aliphatic rings. The van der Waals surface area contributed by atoms with E-state index in [1.54, 1.807) is 11.3 Å². The molecule has 0 amide bonds. The van der Waals surface area contributed by atoms with Gasteiger partial charge in [0.05, 0.1) is 4.34 Å². The molecule has 1 N–H and O–H groups in total. The van der Waals surface area contributed by atoms with Gasteiger partial charge in [0.15, 0.2) is 0 Å². The fourth-order valence-corrected chi connectivity index (χ4v) is 2.94. The number of hydrogen-bond acceptors (Lipinski definition) is 3. The van der Waals surface area contributed by atoms with Crippen LogP contribution in [0.3, 0.4) is 0 Å². The van der Waals surface area contributed by atoms with Crippen LogP contribution in [0.1, 0.15) is 11.8 Å². The van der Waals surface area contributed by atoms with Crippen LogP contribution in [0.4, 0.5) is 0 Å². The second-order valence-electron chi connectivity index (χ2n) is 3.80. The zero-order valence-corrected chi connectivity index (χ0v) is 9.87.